The topological polar surface area (TPSA) is 78.9 Å². The Balaban J connectivity index is 1.90. The minimum Gasteiger partial charge on any atom is -0.480 e. The second-order valence-corrected chi connectivity index (χ2v) is 9.21. The lowest BCUT2D eigenvalue weighted by Gasteiger charge is -2.19. The fraction of sp³-hybridized carbons (Fsp3) is 0.440. The van der Waals surface area contributed by atoms with Gasteiger partial charge in [-0.2, -0.15) is 11.8 Å². The number of rotatable bonds is 10. The average molecular weight is 457 g/mol. The summed E-state index contributed by atoms with van der Waals surface area (Å²) < 4.78 is 5.48. The molecule has 2 N–H and O–H groups in total. The number of thioether (sulfide) groups is 1. The van der Waals surface area contributed by atoms with Gasteiger partial charge in [0.25, 0.3) is 5.91 Å². The van der Waals surface area contributed by atoms with E-state index in [0.29, 0.717) is 17.7 Å². The Bertz CT molecular complexity index is 949. The predicted octanol–water partition coefficient (Wildman–Crippen LogP) is 3.82. The number of nitrogens with one attached hydrogen (secondary N) is 1. The number of amides is 1. The highest BCUT2D eigenvalue weighted by atomic mass is 32.2. The highest BCUT2D eigenvalue weighted by Crippen LogP contribution is 2.29. The van der Waals surface area contributed by atoms with Crippen LogP contribution in [0.1, 0.15) is 34.3 Å². The summed E-state index contributed by atoms with van der Waals surface area (Å²) in [5.41, 5.74) is 4.49. The molecule has 0 aromatic heterocycles. The van der Waals surface area contributed by atoms with Crippen LogP contribution in [0.3, 0.4) is 0 Å². The molecule has 2 aromatic carbocycles. The van der Waals surface area contributed by atoms with Crippen molar-refractivity contribution in [2.45, 2.75) is 38.5 Å². The summed E-state index contributed by atoms with van der Waals surface area (Å²) in [5.74, 6) is -0.703. The van der Waals surface area contributed by atoms with Crippen molar-refractivity contribution in [1.82, 2.24) is 10.2 Å². The number of benzene rings is 2. The zero-order valence-corrected chi connectivity index (χ0v) is 19.8. The molecule has 2 atom stereocenters. The third kappa shape index (κ3) is 6.12. The molecule has 0 spiro atoms. The van der Waals surface area contributed by atoms with E-state index in [-0.39, 0.29) is 12.0 Å². The Labute approximate surface area is 194 Å². The molecule has 0 radical (unpaired) electrons. The van der Waals surface area contributed by atoms with Crippen LogP contribution in [0.4, 0.5) is 0 Å². The number of hydrogen-bond donors (Lipinski definition) is 2. The normalized spacial score (nSPS) is 17.3. The summed E-state index contributed by atoms with van der Waals surface area (Å²) in [6.45, 7) is 4.68. The number of carbonyl (C=O) groups is 2. The maximum atomic E-state index is 13.2. The summed E-state index contributed by atoms with van der Waals surface area (Å²) >= 11 is 1.56. The summed E-state index contributed by atoms with van der Waals surface area (Å²) in [6, 6.07) is 12.9. The van der Waals surface area contributed by atoms with Gasteiger partial charge >= 0.3 is 5.97 Å². The Hall–Kier alpha value is -2.35. The number of hydrogen-bond acceptors (Lipinski definition) is 5. The van der Waals surface area contributed by atoms with Crippen LogP contribution in [0, 0.1) is 6.92 Å². The summed E-state index contributed by atoms with van der Waals surface area (Å²) in [5, 5.41) is 12.3. The van der Waals surface area contributed by atoms with Crippen molar-refractivity contribution >= 4 is 23.6 Å². The van der Waals surface area contributed by atoms with Crippen LogP contribution >= 0.6 is 11.8 Å². The van der Waals surface area contributed by atoms with Crippen molar-refractivity contribution in [3.05, 3.63) is 59.2 Å². The number of nitrogens with zero attached hydrogens (tertiary/aromatic N) is 1. The first-order valence-corrected chi connectivity index (χ1v) is 12.3. The van der Waals surface area contributed by atoms with Crippen molar-refractivity contribution in [3.63, 3.8) is 0 Å². The van der Waals surface area contributed by atoms with Gasteiger partial charge in [-0.15, -0.1) is 0 Å². The van der Waals surface area contributed by atoms with E-state index in [1.807, 2.05) is 49.6 Å². The molecule has 3 rings (SSSR count). The molecule has 7 heteroatoms. The highest BCUT2D eigenvalue weighted by molar-refractivity contribution is 7.98. The van der Waals surface area contributed by atoms with E-state index in [2.05, 4.69) is 16.3 Å². The number of methoxy groups -OCH3 is 1. The molecule has 2 unspecified atom stereocenters. The monoisotopic (exact) mass is 456 g/mol. The minimum atomic E-state index is -1.01. The largest absolute Gasteiger partial charge is 0.480 e. The number of aliphatic carboxylic acids is 1. The van der Waals surface area contributed by atoms with Gasteiger partial charge in [0.05, 0.1) is 6.10 Å². The molecule has 0 aliphatic carbocycles. The van der Waals surface area contributed by atoms with E-state index >= 15 is 0 Å². The number of aryl methyl sites for hydroxylation is 1. The van der Waals surface area contributed by atoms with Crippen LogP contribution in [0.15, 0.2) is 42.5 Å². The SMILES string of the molecule is COC1CCN(Cc2ccc(C(=O)NC(CCSC)C(=O)O)c(-c3ccccc3C)c2)C1. The first-order valence-electron chi connectivity index (χ1n) is 10.9. The highest BCUT2D eigenvalue weighted by Gasteiger charge is 2.24. The Morgan fingerprint density at radius 2 is 2.03 bits per heavy atom. The molecule has 0 bridgehead atoms. The van der Waals surface area contributed by atoms with E-state index in [1.165, 1.54) is 0 Å². The Morgan fingerprint density at radius 1 is 1.25 bits per heavy atom. The molecule has 1 aliphatic rings. The number of likely N-dealkylation sites (tertiary alicyclic amines) is 1. The summed E-state index contributed by atoms with van der Waals surface area (Å²) in [6.07, 6.45) is 3.60. The van der Waals surface area contributed by atoms with Crippen LogP contribution in [-0.2, 0) is 16.1 Å². The number of carbonyl (C=O) groups excluding carboxylic acids is 1. The molecule has 172 valence electrons. The van der Waals surface area contributed by atoms with E-state index in [4.69, 9.17) is 4.74 Å². The van der Waals surface area contributed by atoms with Gasteiger partial charge in [-0.25, -0.2) is 4.79 Å². The zero-order valence-electron chi connectivity index (χ0n) is 19.0. The zero-order chi connectivity index (χ0) is 23.1. The minimum absolute atomic E-state index is 0.269. The lowest BCUT2D eigenvalue weighted by molar-refractivity contribution is -0.139. The first-order chi connectivity index (χ1) is 15.4. The van der Waals surface area contributed by atoms with Crippen molar-refractivity contribution in [2.24, 2.45) is 0 Å². The molecular weight excluding hydrogens is 424 g/mol. The first kappa shape index (κ1) is 24.3. The molecule has 1 amide bonds. The second kappa shape index (κ2) is 11.5. The van der Waals surface area contributed by atoms with Crippen LogP contribution in [0.2, 0.25) is 0 Å². The van der Waals surface area contributed by atoms with Gasteiger partial charge in [-0.3, -0.25) is 9.69 Å². The van der Waals surface area contributed by atoms with Crippen LogP contribution in [0.5, 0.6) is 0 Å². The van der Waals surface area contributed by atoms with Crippen molar-refractivity contribution in [3.8, 4) is 11.1 Å². The molecule has 2 aromatic rings. The quantitative estimate of drug-likeness (QED) is 0.566. The molecular formula is C25H32N2O4S. The van der Waals surface area contributed by atoms with Gasteiger partial charge in [0.1, 0.15) is 6.04 Å². The molecule has 0 saturated carbocycles. The molecule has 1 fully saturated rings. The van der Waals surface area contributed by atoms with Crippen molar-refractivity contribution < 1.29 is 19.4 Å². The number of ether oxygens (including phenoxy) is 1. The molecule has 1 saturated heterocycles. The third-order valence-corrected chi connectivity index (χ3v) is 6.59. The molecule has 1 aliphatic heterocycles. The van der Waals surface area contributed by atoms with E-state index in [0.717, 1.165) is 48.3 Å². The maximum Gasteiger partial charge on any atom is 0.326 e. The van der Waals surface area contributed by atoms with Crippen LogP contribution < -0.4 is 5.32 Å². The van der Waals surface area contributed by atoms with Gasteiger partial charge < -0.3 is 15.2 Å². The second-order valence-electron chi connectivity index (χ2n) is 8.22. The molecule has 6 nitrogen and oxygen atoms in total. The smallest absolute Gasteiger partial charge is 0.326 e. The lowest BCUT2D eigenvalue weighted by Crippen LogP contribution is -2.41. The summed E-state index contributed by atoms with van der Waals surface area (Å²) in [4.78, 5) is 27.2. The van der Waals surface area contributed by atoms with Crippen LogP contribution in [0.25, 0.3) is 11.1 Å². The van der Waals surface area contributed by atoms with Crippen LogP contribution in [-0.4, -0.2) is 66.2 Å². The number of carboxylic acid groups (broad SMARTS) is 1. The molecule has 32 heavy (non-hydrogen) atoms. The van der Waals surface area contributed by atoms with Gasteiger partial charge in [0.15, 0.2) is 0 Å². The van der Waals surface area contributed by atoms with Gasteiger partial charge in [-0.1, -0.05) is 30.3 Å². The number of carboxylic acids is 1. The third-order valence-electron chi connectivity index (χ3n) is 5.95. The van der Waals surface area contributed by atoms with Crippen molar-refractivity contribution in [2.75, 3.05) is 32.2 Å². The average Bonchev–Trinajstić information content (AvgIpc) is 3.24. The summed E-state index contributed by atoms with van der Waals surface area (Å²) in [7, 11) is 1.75. The van der Waals surface area contributed by atoms with E-state index in [9.17, 15) is 14.7 Å². The molecule has 1 heterocycles. The standard InChI is InChI=1S/C25H32N2O4S/c1-17-6-4-5-7-20(17)22-14-18(15-27-12-10-19(16-27)31-2)8-9-21(22)24(28)26-23(25(29)30)11-13-32-3/h4-9,14,19,23H,10-13,15-16H2,1-3H3,(H,26,28)(H,29,30). The van der Waals surface area contributed by atoms with E-state index < -0.39 is 12.0 Å². The fourth-order valence-corrected chi connectivity index (χ4v) is 4.58. The van der Waals surface area contributed by atoms with Gasteiger partial charge in [0.2, 0.25) is 0 Å². The Kier molecular flexibility index (Phi) is 8.73. The Morgan fingerprint density at radius 3 is 2.69 bits per heavy atom. The van der Waals surface area contributed by atoms with Gasteiger partial charge in [-0.05, 0) is 66.2 Å². The fourth-order valence-electron chi connectivity index (χ4n) is 4.11. The predicted molar refractivity (Wildman–Crippen MR) is 129 cm³/mol. The maximum absolute atomic E-state index is 13.2. The van der Waals surface area contributed by atoms with Gasteiger partial charge in [0, 0.05) is 32.3 Å². The lowest BCUT2D eigenvalue weighted by atomic mass is 9.93. The van der Waals surface area contributed by atoms with E-state index in [1.54, 1.807) is 18.9 Å². The van der Waals surface area contributed by atoms with Crippen molar-refractivity contribution in [1.29, 1.82) is 0 Å².